The number of nitrogens with one attached hydrogen (secondary N) is 1. The first-order valence-electron chi connectivity index (χ1n) is 8.87. The minimum absolute atomic E-state index is 0.260. The molecule has 2 saturated heterocycles. The smallest absolute Gasteiger partial charge is 0.242 e. The molecule has 1 unspecified atom stereocenters. The van der Waals surface area contributed by atoms with Crippen LogP contribution in [-0.4, -0.2) is 60.5 Å². The van der Waals surface area contributed by atoms with E-state index in [0.29, 0.717) is 11.9 Å². The quantitative estimate of drug-likeness (QED) is 0.816. The molecule has 2 aliphatic heterocycles. The predicted molar refractivity (Wildman–Crippen MR) is 87.4 cm³/mol. The Balaban J connectivity index is 1.93. The van der Waals surface area contributed by atoms with Gasteiger partial charge in [-0.25, -0.2) is 0 Å². The molecule has 0 bridgehead atoms. The zero-order valence-corrected chi connectivity index (χ0v) is 14.2. The highest BCUT2D eigenvalue weighted by molar-refractivity contribution is 5.86. The van der Waals surface area contributed by atoms with Gasteiger partial charge in [0.25, 0.3) is 0 Å². The Labute approximate surface area is 130 Å². The number of likely N-dealkylation sites (tertiary alicyclic amines) is 1. The third-order valence-electron chi connectivity index (χ3n) is 5.29. The van der Waals surface area contributed by atoms with Crippen LogP contribution in [0.25, 0.3) is 0 Å². The summed E-state index contributed by atoms with van der Waals surface area (Å²) in [5, 5.41) is 3.52. The molecule has 0 aromatic heterocycles. The van der Waals surface area contributed by atoms with Gasteiger partial charge in [0.2, 0.25) is 5.91 Å². The lowest BCUT2D eigenvalue weighted by Crippen LogP contribution is -2.57. The number of carbonyl (C=O) groups is 1. The predicted octanol–water partition coefficient (Wildman–Crippen LogP) is 2.24. The van der Waals surface area contributed by atoms with Crippen molar-refractivity contribution < 1.29 is 4.79 Å². The molecule has 0 aliphatic carbocycles. The molecular weight excluding hydrogens is 262 g/mol. The van der Waals surface area contributed by atoms with Gasteiger partial charge in [0.05, 0.1) is 5.54 Å². The Hall–Kier alpha value is -0.610. The molecule has 2 fully saturated rings. The molecule has 0 aromatic carbocycles. The number of likely N-dealkylation sites (N-methyl/N-ethyl adjacent to an activating group) is 1. The molecule has 1 amide bonds. The zero-order chi connectivity index (χ0) is 15.3. The van der Waals surface area contributed by atoms with Gasteiger partial charge in [0, 0.05) is 26.2 Å². The third kappa shape index (κ3) is 3.78. The number of carbonyl (C=O) groups excluding carboxylic acids is 1. The second-order valence-corrected chi connectivity index (χ2v) is 6.85. The van der Waals surface area contributed by atoms with E-state index in [9.17, 15) is 4.79 Å². The maximum absolute atomic E-state index is 13.0. The van der Waals surface area contributed by atoms with E-state index in [2.05, 4.69) is 29.0 Å². The summed E-state index contributed by atoms with van der Waals surface area (Å²) in [6, 6.07) is 0.432. The second kappa shape index (κ2) is 7.59. The van der Waals surface area contributed by atoms with Crippen LogP contribution >= 0.6 is 0 Å². The van der Waals surface area contributed by atoms with Crippen molar-refractivity contribution in [1.82, 2.24) is 15.1 Å². The summed E-state index contributed by atoms with van der Waals surface area (Å²) in [4.78, 5) is 17.6. The van der Waals surface area contributed by atoms with Gasteiger partial charge in [0.1, 0.15) is 0 Å². The lowest BCUT2D eigenvalue weighted by atomic mass is 9.89. The first-order valence-corrected chi connectivity index (χ1v) is 8.87. The van der Waals surface area contributed by atoms with Crippen LogP contribution in [0.5, 0.6) is 0 Å². The van der Waals surface area contributed by atoms with Crippen molar-refractivity contribution in [3.05, 3.63) is 0 Å². The minimum atomic E-state index is -0.260. The molecular formula is C17H33N3O. The maximum atomic E-state index is 13.0. The lowest BCUT2D eigenvalue weighted by molar-refractivity contribution is -0.140. The molecule has 0 spiro atoms. The first-order chi connectivity index (χ1) is 10.1. The number of rotatable bonds is 6. The van der Waals surface area contributed by atoms with Crippen LogP contribution in [0.4, 0.5) is 0 Å². The summed E-state index contributed by atoms with van der Waals surface area (Å²) in [5.74, 6) is 0.343. The Morgan fingerprint density at radius 1 is 1.29 bits per heavy atom. The summed E-state index contributed by atoms with van der Waals surface area (Å²) >= 11 is 0. The monoisotopic (exact) mass is 295 g/mol. The molecule has 1 N–H and O–H groups in total. The van der Waals surface area contributed by atoms with Crippen LogP contribution in [0.2, 0.25) is 0 Å². The van der Waals surface area contributed by atoms with E-state index in [4.69, 9.17) is 0 Å². The van der Waals surface area contributed by atoms with Gasteiger partial charge in [0.15, 0.2) is 0 Å². The van der Waals surface area contributed by atoms with Crippen LogP contribution in [0.1, 0.15) is 58.8 Å². The van der Waals surface area contributed by atoms with Gasteiger partial charge in [-0.1, -0.05) is 20.3 Å². The Kier molecular flexibility index (Phi) is 6.06. The topological polar surface area (TPSA) is 35.6 Å². The van der Waals surface area contributed by atoms with Crippen LogP contribution < -0.4 is 5.32 Å². The summed E-state index contributed by atoms with van der Waals surface area (Å²) in [5.41, 5.74) is -0.260. The molecule has 1 atom stereocenters. The minimum Gasteiger partial charge on any atom is -0.341 e. The van der Waals surface area contributed by atoms with Crippen molar-refractivity contribution in [3.63, 3.8) is 0 Å². The highest BCUT2D eigenvalue weighted by Crippen LogP contribution is 2.28. The summed E-state index contributed by atoms with van der Waals surface area (Å²) in [6.07, 6.45) is 7.68. The third-order valence-corrected chi connectivity index (χ3v) is 5.29. The number of nitrogens with zero attached hydrogens (tertiary/aromatic N) is 2. The van der Waals surface area contributed by atoms with E-state index in [1.165, 1.54) is 13.0 Å². The fraction of sp³-hybridized carbons (Fsp3) is 0.941. The number of hydrogen-bond acceptors (Lipinski definition) is 3. The van der Waals surface area contributed by atoms with Crippen LogP contribution in [-0.2, 0) is 4.79 Å². The highest BCUT2D eigenvalue weighted by atomic mass is 16.2. The van der Waals surface area contributed by atoms with Gasteiger partial charge in [-0.15, -0.1) is 0 Å². The standard InChI is InChI=1S/C17H33N3O/c1-4-9-17(10-6-11-18-17)16(21)19(3)15-7-13-20(12-5-2)14-8-15/h15,18H,4-14H2,1-3H3. The molecule has 2 rings (SSSR count). The SMILES string of the molecule is CCCN1CCC(N(C)C(=O)C2(CCC)CCCN2)CC1. The normalized spacial score (nSPS) is 28.0. The second-order valence-electron chi connectivity index (χ2n) is 6.85. The van der Waals surface area contributed by atoms with Gasteiger partial charge >= 0.3 is 0 Å². The average Bonchev–Trinajstić information content (AvgIpc) is 2.97. The first kappa shape index (κ1) is 16.8. The van der Waals surface area contributed by atoms with Crippen molar-refractivity contribution in [3.8, 4) is 0 Å². The lowest BCUT2D eigenvalue weighted by Gasteiger charge is -2.40. The highest BCUT2D eigenvalue weighted by Gasteiger charge is 2.43. The van der Waals surface area contributed by atoms with E-state index in [-0.39, 0.29) is 5.54 Å². The fourth-order valence-electron chi connectivity index (χ4n) is 4.09. The number of piperidine rings is 1. The molecule has 2 heterocycles. The molecule has 2 aliphatic rings. The average molecular weight is 295 g/mol. The van der Waals surface area contributed by atoms with E-state index >= 15 is 0 Å². The molecule has 4 nitrogen and oxygen atoms in total. The van der Waals surface area contributed by atoms with Crippen molar-refractivity contribution in [1.29, 1.82) is 0 Å². The Morgan fingerprint density at radius 2 is 2.00 bits per heavy atom. The molecule has 0 saturated carbocycles. The number of hydrogen-bond donors (Lipinski definition) is 1. The van der Waals surface area contributed by atoms with Gasteiger partial charge < -0.3 is 15.1 Å². The molecule has 122 valence electrons. The zero-order valence-electron chi connectivity index (χ0n) is 14.2. The molecule has 0 radical (unpaired) electrons. The Bertz CT molecular complexity index is 331. The van der Waals surface area contributed by atoms with E-state index in [1.54, 1.807) is 0 Å². The summed E-state index contributed by atoms with van der Waals surface area (Å²) in [7, 11) is 2.03. The van der Waals surface area contributed by atoms with E-state index < -0.39 is 0 Å². The van der Waals surface area contributed by atoms with Gasteiger partial charge in [-0.2, -0.15) is 0 Å². The van der Waals surface area contributed by atoms with E-state index in [0.717, 1.165) is 58.2 Å². The fourth-order valence-corrected chi connectivity index (χ4v) is 4.09. The molecule has 0 aromatic rings. The van der Waals surface area contributed by atoms with Crippen molar-refractivity contribution in [2.45, 2.75) is 70.4 Å². The van der Waals surface area contributed by atoms with Crippen LogP contribution in [0.15, 0.2) is 0 Å². The van der Waals surface area contributed by atoms with Gasteiger partial charge in [-0.05, 0) is 51.6 Å². The van der Waals surface area contributed by atoms with Crippen molar-refractivity contribution in [2.75, 3.05) is 33.2 Å². The Morgan fingerprint density at radius 3 is 2.52 bits per heavy atom. The van der Waals surface area contributed by atoms with Crippen LogP contribution in [0, 0.1) is 0 Å². The summed E-state index contributed by atoms with van der Waals surface area (Å²) in [6.45, 7) is 8.90. The number of amides is 1. The van der Waals surface area contributed by atoms with Crippen molar-refractivity contribution >= 4 is 5.91 Å². The molecule has 21 heavy (non-hydrogen) atoms. The maximum Gasteiger partial charge on any atom is 0.242 e. The summed E-state index contributed by atoms with van der Waals surface area (Å²) < 4.78 is 0. The van der Waals surface area contributed by atoms with Crippen LogP contribution in [0.3, 0.4) is 0 Å². The van der Waals surface area contributed by atoms with E-state index in [1.807, 2.05) is 7.05 Å². The largest absolute Gasteiger partial charge is 0.341 e. The van der Waals surface area contributed by atoms with Gasteiger partial charge in [-0.3, -0.25) is 4.79 Å². The molecule has 4 heteroatoms. The van der Waals surface area contributed by atoms with Crippen molar-refractivity contribution in [2.24, 2.45) is 0 Å².